The summed E-state index contributed by atoms with van der Waals surface area (Å²) in [7, 11) is 1.30. The number of methoxy groups -OCH3 is 1. The van der Waals surface area contributed by atoms with E-state index in [9.17, 15) is 9.59 Å². The number of ether oxygens (including phenoxy) is 2. The number of pyridine rings is 1. The fourth-order valence-electron chi connectivity index (χ4n) is 3.00. The molecule has 1 atom stereocenters. The van der Waals surface area contributed by atoms with E-state index < -0.39 is 12.0 Å². The van der Waals surface area contributed by atoms with Crippen molar-refractivity contribution in [3.8, 4) is 11.3 Å². The van der Waals surface area contributed by atoms with Gasteiger partial charge in [0, 0.05) is 29.9 Å². The number of aryl methyl sites for hydroxylation is 1. The first-order valence-electron chi connectivity index (χ1n) is 10.00. The van der Waals surface area contributed by atoms with E-state index >= 15 is 0 Å². The maximum Gasteiger partial charge on any atom is 0.356 e. The van der Waals surface area contributed by atoms with Crippen LogP contribution in [-0.4, -0.2) is 52.2 Å². The molecule has 0 saturated carbocycles. The number of nitrogens with zero attached hydrogens (tertiary/aromatic N) is 4. The lowest BCUT2D eigenvalue weighted by atomic mass is 10.1. The molecule has 2 aromatic heterocycles. The average molecular weight is 458 g/mol. The molecule has 1 amide bonds. The van der Waals surface area contributed by atoms with E-state index in [1.54, 1.807) is 30.6 Å². The Bertz CT molecular complexity index is 1100. The van der Waals surface area contributed by atoms with Crippen LogP contribution < -0.4 is 5.32 Å². The van der Waals surface area contributed by atoms with Crippen molar-refractivity contribution < 1.29 is 19.1 Å². The summed E-state index contributed by atoms with van der Waals surface area (Å²) >= 11 is 6.06. The van der Waals surface area contributed by atoms with E-state index in [0.717, 1.165) is 16.7 Å². The van der Waals surface area contributed by atoms with Crippen molar-refractivity contribution in [3.63, 3.8) is 0 Å². The molecule has 3 rings (SSSR count). The Labute approximate surface area is 190 Å². The second-order valence-electron chi connectivity index (χ2n) is 6.97. The fraction of sp³-hybridized carbons (Fsp3) is 0.318. The second-order valence-corrected chi connectivity index (χ2v) is 7.41. The van der Waals surface area contributed by atoms with Gasteiger partial charge < -0.3 is 14.8 Å². The van der Waals surface area contributed by atoms with Crippen LogP contribution in [0.1, 0.15) is 34.6 Å². The second kappa shape index (κ2) is 10.8. The van der Waals surface area contributed by atoms with Crippen LogP contribution in [0.5, 0.6) is 0 Å². The van der Waals surface area contributed by atoms with Crippen molar-refractivity contribution in [2.45, 2.75) is 26.4 Å². The van der Waals surface area contributed by atoms with Gasteiger partial charge in [-0.25, -0.2) is 14.5 Å². The Morgan fingerprint density at radius 2 is 2.09 bits per heavy atom. The molecule has 2 heterocycles. The first-order valence-corrected chi connectivity index (χ1v) is 10.4. The number of carbonyl (C=O) groups is 2. The quantitative estimate of drug-likeness (QED) is 0.492. The van der Waals surface area contributed by atoms with Crippen LogP contribution in [0.25, 0.3) is 11.3 Å². The van der Waals surface area contributed by atoms with Crippen LogP contribution in [0.15, 0.2) is 42.7 Å². The van der Waals surface area contributed by atoms with Gasteiger partial charge in [0.1, 0.15) is 11.4 Å². The molecule has 32 heavy (non-hydrogen) atoms. The predicted molar refractivity (Wildman–Crippen MR) is 118 cm³/mol. The van der Waals surface area contributed by atoms with Crippen LogP contribution in [0.3, 0.4) is 0 Å². The third kappa shape index (κ3) is 5.68. The van der Waals surface area contributed by atoms with Gasteiger partial charge in [0.25, 0.3) is 0 Å². The zero-order valence-corrected chi connectivity index (χ0v) is 18.8. The molecule has 0 bridgehead atoms. The molecule has 9 nitrogen and oxygen atoms in total. The predicted octanol–water partition coefficient (Wildman–Crippen LogP) is 2.98. The molecule has 0 fully saturated rings. The highest BCUT2D eigenvalue weighted by Crippen LogP contribution is 2.21. The number of rotatable bonds is 9. The Hall–Kier alpha value is -3.30. The maximum absolute atomic E-state index is 13.0. The van der Waals surface area contributed by atoms with Gasteiger partial charge in [-0.3, -0.25) is 4.79 Å². The topological polar surface area (TPSA) is 108 Å². The lowest BCUT2D eigenvalue weighted by Crippen LogP contribution is -2.35. The van der Waals surface area contributed by atoms with E-state index in [2.05, 4.69) is 25.3 Å². The summed E-state index contributed by atoms with van der Waals surface area (Å²) in [6.45, 7) is 4.52. The van der Waals surface area contributed by atoms with Gasteiger partial charge >= 0.3 is 5.97 Å². The minimum Gasteiger partial charge on any atom is -0.464 e. The minimum absolute atomic E-state index is 0.138. The summed E-state index contributed by atoms with van der Waals surface area (Å²) in [4.78, 5) is 28.7. The largest absolute Gasteiger partial charge is 0.464 e. The third-order valence-electron chi connectivity index (χ3n) is 4.80. The molecule has 168 valence electrons. The Morgan fingerprint density at radius 1 is 1.28 bits per heavy atom. The number of esters is 1. The molecule has 0 saturated heterocycles. The summed E-state index contributed by atoms with van der Waals surface area (Å²) in [6.07, 6.45) is 3.24. The van der Waals surface area contributed by atoms with Crippen molar-refractivity contribution in [3.05, 3.63) is 64.6 Å². The number of halogens is 1. The number of carbonyl (C=O) groups excluding carboxylic acids is 2. The maximum atomic E-state index is 13.0. The van der Waals surface area contributed by atoms with Gasteiger partial charge in [-0.15, -0.1) is 5.10 Å². The zero-order chi connectivity index (χ0) is 23.1. The van der Waals surface area contributed by atoms with Crippen molar-refractivity contribution in [1.82, 2.24) is 25.3 Å². The number of hydrogen-bond acceptors (Lipinski definition) is 7. The molecular formula is C22H24ClN5O4. The van der Waals surface area contributed by atoms with Gasteiger partial charge in [-0.05, 0) is 43.2 Å². The van der Waals surface area contributed by atoms with Crippen molar-refractivity contribution in [2.24, 2.45) is 0 Å². The molecule has 3 aromatic rings. The molecule has 0 aliphatic rings. The zero-order valence-electron chi connectivity index (χ0n) is 18.0. The molecule has 0 aliphatic heterocycles. The minimum atomic E-state index is -0.710. The highest BCUT2D eigenvalue weighted by molar-refractivity contribution is 6.30. The summed E-state index contributed by atoms with van der Waals surface area (Å²) < 4.78 is 11.7. The van der Waals surface area contributed by atoms with Crippen molar-refractivity contribution in [1.29, 1.82) is 0 Å². The highest BCUT2D eigenvalue weighted by Gasteiger charge is 2.23. The van der Waals surface area contributed by atoms with Crippen molar-refractivity contribution in [2.75, 3.05) is 20.3 Å². The summed E-state index contributed by atoms with van der Waals surface area (Å²) in [5.74, 6) is -0.792. The van der Waals surface area contributed by atoms with Crippen molar-refractivity contribution >= 4 is 23.5 Å². The normalized spacial score (nSPS) is 11.8. The SMILES string of the molecule is CCOCC(C(=O)NCc1cnc(C(=O)OC)cc1C)n1cc(-c2cccc(Cl)c2)nn1. The van der Waals surface area contributed by atoms with E-state index in [1.807, 2.05) is 26.0 Å². The Balaban J connectivity index is 1.74. The highest BCUT2D eigenvalue weighted by atomic mass is 35.5. The molecule has 1 aromatic carbocycles. The van der Waals surface area contributed by atoms with Crippen LogP contribution >= 0.6 is 11.6 Å². The van der Waals surface area contributed by atoms with E-state index in [-0.39, 0.29) is 24.8 Å². The van der Waals surface area contributed by atoms with E-state index in [0.29, 0.717) is 17.3 Å². The van der Waals surface area contributed by atoms with Crippen LogP contribution in [0.4, 0.5) is 0 Å². The number of hydrogen-bond donors (Lipinski definition) is 1. The summed E-state index contributed by atoms with van der Waals surface area (Å²) in [5, 5.41) is 11.8. The molecule has 0 aliphatic carbocycles. The lowest BCUT2D eigenvalue weighted by Gasteiger charge is -2.17. The molecule has 0 radical (unpaired) electrons. The lowest BCUT2D eigenvalue weighted by molar-refractivity contribution is -0.126. The van der Waals surface area contributed by atoms with E-state index in [4.69, 9.17) is 16.3 Å². The van der Waals surface area contributed by atoms with Gasteiger partial charge in [-0.2, -0.15) is 0 Å². The first-order chi connectivity index (χ1) is 15.4. The summed E-state index contributed by atoms with van der Waals surface area (Å²) in [6, 6.07) is 8.16. The number of nitrogens with one attached hydrogen (secondary N) is 1. The summed E-state index contributed by atoms with van der Waals surface area (Å²) in [5.41, 5.74) is 3.20. The molecule has 10 heteroatoms. The van der Waals surface area contributed by atoms with Gasteiger partial charge in [-0.1, -0.05) is 28.9 Å². The number of benzene rings is 1. The van der Waals surface area contributed by atoms with Crippen LogP contribution in [0.2, 0.25) is 5.02 Å². The van der Waals surface area contributed by atoms with Gasteiger partial charge in [0.2, 0.25) is 5.91 Å². The molecule has 1 N–H and O–H groups in total. The fourth-order valence-corrected chi connectivity index (χ4v) is 3.19. The van der Waals surface area contributed by atoms with Crippen LogP contribution in [0, 0.1) is 6.92 Å². The van der Waals surface area contributed by atoms with E-state index in [1.165, 1.54) is 11.8 Å². The Morgan fingerprint density at radius 3 is 2.78 bits per heavy atom. The first kappa shape index (κ1) is 23.4. The smallest absolute Gasteiger partial charge is 0.356 e. The monoisotopic (exact) mass is 457 g/mol. The van der Waals surface area contributed by atoms with Crippen LogP contribution in [-0.2, 0) is 20.8 Å². The number of aromatic nitrogens is 4. The average Bonchev–Trinajstić information content (AvgIpc) is 3.28. The molecule has 0 spiro atoms. The standard InChI is InChI=1S/C22H24ClN5O4/c1-4-32-13-20(28-12-19(26-27-28)15-6-5-7-17(23)9-15)21(29)25-11-16-10-24-18(8-14(16)2)22(30)31-3/h5-10,12,20H,4,11,13H2,1-3H3,(H,25,29). The third-order valence-corrected chi connectivity index (χ3v) is 5.03. The molecule has 1 unspecified atom stereocenters. The Kier molecular flexibility index (Phi) is 7.91. The van der Waals surface area contributed by atoms with Gasteiger partial charge in [0.15, 0.2) is 6.04 Å². The van der Waals surface area contributed by atoms with Gasteiger partial charge in [0.05, 0.1) is 19.9 Å². The molecular weight excluding hydrogens is 434 g/mol. The number of amides is 1.